The smallest absolute Gasteiger partial charge is 0.246 e. The number of benzene rings is 2. The minimum atomic E-state index is 0.0245. The maximum atomic E-state index is 12.6. The molecule has 0 saturated carbocycles. The summed E-state index contributed by atoms with van der Waals surface area (Å²) in [5, 5.41) is 1.13. The summed E-state index contributed by atoms with van der Waals surface area (Å²) >= 11 is 1.74. The SMILES string of the molecule is COc1cc(/C=C/C(=O)N2CCN(Cc3nc4ccccc4s3)CC2)cc(OC)c1. The van der Waals surface area contributed by atoms with Crippen LogP contribution in [0.3, 0.4) is 0 Å². The fraction of sp³-hybridized carbons (Fsp3) is 0.304. The van der Waals surface area contributed by atoms with Crippen molar-refractivity contribution in [2.75, 3.05) is 40.4 Å². The quantitative estimate of drug-likeness (QED) is 0.566. The van der Waals surface area contributed by atoms with Gasteiger partial charge in [0.1, 0.15) is 16.5 Å². The van der Waals surface area contributed by atoms with Crippen LogP contribution in [0.5, 0.6) is 11.5 Å². The van der Waals surface area contributed by atoms with Crippen LogP contribution in [-0.2, 0) is 11.3 Å². The lowest BCUT2D eigenvalue weighted by Crippen LogP contribution is -2.47. The summed E-state index contributed by atoms with van der Waals surface area (Å²) in [5.74, 6) is 1.42. The van der Waals surface area contributed by atoms with Crippen molar-refractivity contribution in [1.82, 2.24) is 14.8 Å². The lowest BCUT2D eigenvalue weighted by Gasteiger charge is -2.33. The molecule has 1 saturated heterocycles. The number of nitrogens with zero attached hydrogens (tertiary/aromatic N) is 3. The van der Waals surface area contributed by atoms with Gasteiger partial charge in [-0.1, -0.05) is 12.1 Å². The highest BCUT2D eigenvalue weighted by Gasteiger charge is 2.20. The van der Waals surface area contributed by atoms with E-state index >= 15 is 0 Å². The fourth-order valence-corrected chi connectivity index (χ4v) is 4.51. The highest BCUT2D eigenvalue weighted by atomic mass is 32.1. The highest BCUT2D eigenvalue weighted by Crippen LogP contribution is 2.24. The number of thiazole rings is 1. The van der Waals surface area contributed by atoms with Crippen molar-refractivity contribution in [2.24, 2.45) is 0 Å². The number of hydrogen-bond acceptors (Lipinski definition) is 6. The first-order valence-electron chi connectivity index (χ1n) is 9.91. The van der Waals surface area contributed by atoms with Gasteiger partial charge in [0.05, 0.1) is 31.0 Å². The van der Waals surface area contributed by atoms with Crippen molar-refractivity contribution >= 4 is 33.5 Å². The number of methoxy groups -OCH3 is 2. The summed E-state index contributed by atoms with van der Waals surface area (Å²) in [6.07, 6.45) is 3.43. The molecule has 0 aliphatic carbocycles. The first-order valence-corrected chi connectivity index (χ1v) is 10.7. The molecular formula is C23H25N3O3S. The molecule has 1 amide bonds. The summed E-state index contributed by atoms with van der Waals surface area (Å²) in [4.78, 5) is 21.6. The molecule has 30 heavy (non-hydrogen) atoms. The van der Waals surface area contributed by atoms with Gasteiger partial charge in [0.25, 0.3) is 0 Å². The summed E-state index contributed by atoms with van der Waals surface area (Å²) in [6, 6.07) is 13.8. The van der Waals surface area contributed by atoms with E-state index in [9.17, 15) is 4.79 Å². The van der Waals surface area contributed by atoms with Gasteiger partial charge in [-0.15, -0.1) is 11.3 Å². The minimum absolute atomic E-state index is 0.0245. The van der Waals surface area contributed by atoms with Gasteiger partial charge >= 0.3 is 0 Å². The number of ether oxygens (including phenoxy) is 2. The van der Waals surface area contributed by atoms with E-state index in [1.54, 1.807) is 37.7 Å². The average molecular weight is 424 g/mol. The molecule has 7 heteroatoms. The molecule has 0 spiro atoms. The predicted molar refractivity (Wildman–Crippen MR) is 120 cm³/mol. The molecule has 6 nitrogen and oxygen atoms in total. The first kappa shape index (κ1) is 20.4. The van der Waals surface area contributed by atoms with Crippen LogP contribution in [-0.4, -0.2) is 61.1 Å². The number of piperazine rings is 1. The Bertz CT molecular complexity index is 1000. The maximum Gasteiger partial charge on any atom is 0.246 e. The predicted octanol–water partition coefficient (Wildman–Crippen LogP) is 3.67. The average Bonchev–Trinajstić information content (AvgIpc) is 3.20. The zero-order chi connectivity index (χ0) is 20.9. The van der Waals surface area contributed by atoms with Crippen LogP contribution in [0.4, 0.5) is 0 Å². The molecule has 0 radical (unpaired) electrons. The third-order valence-corrected chi connectivity index (χ3v) is 6.19. The third-order valence-electron chi connectivity index (χ3n) is 5.17. The van der Waals surface area contributed by atoms with Crippen LogP contribution >= 0.6 is 11.3 Å². The molecule has 1 fully saturated rings. The van der Waals surface area contributed by atoms with Crippen molar-refractivity contribution < 1.29 is 14.3 Å². The molecule has 1 aliphatic rings. The largest absolute Gasteiger partial charge is 0.497 e. The molecule has 2 heterocycles. The Labute approximate surface area is 180 Å². The number of aromatic nitrogens is 1. The number of carbonyl (C=O) groups is 1. The summed E-state index contributed by atoms with van der Waals surface area (Å²) in [5.41, 5.74) is 1.93. The van der Waals surface area contributed by atoms with Crippen LogP contribution in [0.2, 0.25) is 0 Å². The van der Waals surface area contributed by atoms with Gasteiger partial charge in [0.15, 0.2) is 0 Å². The Morgan fingerprint density at radius 2 is 1.77 bits per heavy atom. The Kier molecular flexibility index (Phi) is 6.30. The van der Waals surface area contributed by atoms with Crippen LogP contribution in [0.15, 0.2) is 48.5 Å². The number of para-hydroxylation sites is 1. The van der Waals surface area contributed by atoms with Gasteiger partial charge in [-0.25, -0.2) is 4.98 Å². The van der Waals surface area contributed by atoms with Crippen LogP contribution < -0.4 is 9.47 Å². The summed E-state index contributed by atoms with van der Waals surface area (Å²) < 4.78 is 11.8. The van der Waals surface area contributed by atoms with E-state index in [0.717, 1.165) is 48.8 Å². The second-order valence-corrected chi connectivity index (χ2v) is 8.27. The molecule has 0 atom stereocenters. The molecule has 1 aromatic heterocycles. The molecule has 156 valence electrons. The van der Waals surface area contributed by atoms with E-state index in [1.807, 2.05) is 35.2 Å². The van der Waals surface area contributed by atoms with E-state index < -0.39 is 0 Å². The topological polar surface area (TPSA) is 54.9 Å². The van der Waals surface area contributed by atoms with Crippen LogP contribution in [0, 0.1) is 0 Å². The zero-order valence-corrected chi connectivity index (χ0v) is 18.0. The number of amides is 1. The number of carbonyl (C=O) groups excluding carboxylic acids is 1. The monoisotopic (exact) mass is 423 g/mol. The summed E-state index contributed by atoms with van der Waals surface area (Å²) in [6.45, 7) is 3.97. The minimum Gasteiger partial charge on any atom is -0.497 e. The van der Waals surface area contributed by atoms with E-state index in [0.29, 0.717) is 11.5 Å². The third kappa shape index (κ3) is 4.80. The van der Waals surface area contributed by atoms with Crippen molar-refractivity contribution in [2.45, 2.75) is 6.54 Å². The molecule has 2 aromatic carbocycles. The normalized spacial score (nSPS) is 15.1. The standard InChI is InChI=1S/C23H25N3O3S/c1-28-18-13-17(14-19(15-18)29-2)7-8-23(27)26-11-9-25(10-12-26)16-22-24-20-5-3-4-6-21(20)30-22/h3-8,13-15H,9-12,16H2,1-2H3/b8-7+. The Hall–Kier alpha value is -2.90. The van der Waals surface area contributed by atoms with Gasteiger partial charge in [-0.05, 0) is 35.9 Å². The molecule has 0 bridgehead atoms. The van der Waals surface area contributed by atoms with Crippen LogP contribution in [0.1, 0.15) is 10.6 Å². The van der Waals surface area contributed by atoms with Crippen molar-refractivity contribution in [3.63, 3.8) is 0 Å². The number of fused-ring (bicyclic) bond motifs is 1. The molecule has 4 rings (SSSR count). The van der Waals surface area contributed by atoms with E-state index in [1.165, 1.54) is 4.70 Å². The lowest BCUT2D eigenvalue weighted by molar-refractivity contribution is -0.127. The number of rotatable bonds is 6. The Balaban J connectivity index is 1.32. The lowest BCUT2D eigenvalue weighted by atomic mass is 10.2. The molecule has 0 unspecified atom stereocenters. The first-order chi connectivity index (χ1) is 14.6. The zero-order valence-electron chi connectivity index (χ0n) is 17.2. The van der Waals surface area contributed by atoms with Gasteiger partial charge < -0.3 is 14.4 Å². The molecule has 0 N–H and O–H groups in total. The molecule has 1 aliphatic heterocycles. The summed E-state index contributed by atoms with van der Waals surface area (Å²) in [7, 11) is 3.22. The fourth-order valence-electron chi connectivity index (χ4n) is 3.50. The van der Waals surface area contributed by atoms with E-state index in [4.69, 9.17) is 14.5 Å². The second-order valence-electron chi connectivity index (χ2n) is 7.16. The van der Waals surface area contributed by atoms with E-state index in [2.05, 4.69) is 17.0 Å². The van der Waals surface area contributed by atoms with Crippen molar-refractivity contribution in [3.05, 3.63) is 59.1 Å². The van der Waals surface area contributed by atoms with Crippen molar-refractivity contribution in [1.29, 1.82) is 0 Å². The Morgan fingerprint density at radius 1 is 1.07 bits per heavy atom. The van der Waals surface area contributed by atoms with Crippen molar-refractivity contribution in [3.8, 4) is 11.5 Å². The number of hydrogen-bond donors (Lipinski definition) is 0. The maximum absolute atomic E-state index is 12.6. The van der Waals surface area contributed by atoms with Crippen LogP contribution in [0.25, 0.3) is 16.3 Å². The highest BCUT2D eigenvalue weighted by molar-refractivity contribution is 7.18. The second kappa shape index (κ2) is 9.28. The van der Waals surface area contributed by atoms with Gasteiger partial charge in [-0.2, -0.15) is 0 Å². The molecule has 3 aromatic rings. The van der Waals surface area contributed by atoms with Gasteiger partial charge in [0.2, 0.25) is 5.91 Å². The van der Waals surface area contributed by atoms with Gasteiger partial charge in [0, 0.05) is 38.3 Å². The molecular weight excluding hydrogens is 398 g/mol. The van der Waals surface area contributed by atoms with E-state index in [-0.39, 0.29) is 5.91 Å². The van der Waals surface area contributed by atoms with Gasteiger partial charge in [-0.3, -0.25) is 9.69 Å². The Morgan fingerprint density at radius 3 is 2.43 bits per heavy atom.